The van der Waals surface area contributed by atoms with E-state index in [2.05, 4.69) is 20.9 Å². The molecule has 4 amide bonds. The van der Waals surface area contributed by atoms with Gasteiger partial charge in [-0.2, -0.15) is 18.4 Å². The molecule has 2 atom stereocenters. The average Bonchev–Trinajstić information content (AvgIpc) is 3.34. The molecule has 0 aromatic heterocycles. The number of thiocarbonyl (C=S) groups is 1. The Morgan fingerprint density at radius 3 is 2.46 bits per heavy atom. The molecule has 3 aromatic carbocycles. The molecule has 1 unspecified atom stereocenters. The minimum atomic E-state index is -4.81. The van der Waals surface area contributed by atoms with Gasteiger partial charge in [-0.05, 0) is 106 Å². The number of carbonyl (C=O) groups excluding carboxylic acids is 4. The molecule has 0 radical (unpaired) electrons. The Kier molecular flexibility index (Phi) is 12.6. The number of alkyl halides is 3. The number of amides is 4. The van der Waals surface area contributed by atoms with E-state index in [0.717, 1.165) is 22.6 Å². The van der Waals surface area contributed by atoms with Gasteiger partial charge < -0.3 is 20.3 Å². The molecule has 6 rings (SSSR count). The van der Waals surface area contributed by atoms with Crippen LogP contribution in [0.3, 0.4) is 0 Å². The number of imide groups is 1. The van der Waals surface area contributed by atoms with E-state index in [9.17, 15) is 42.0 Å². The SMILES string of the molecule is CCc1cc(N2C(=S)N(c3ccc(C#N)c(C(F)(F)F)c3)C(=O)C2(C)C)ccc1OCCN1CCN(CC(=O)Nc2cc(F)cc(NC3CCC(=O)NC3=O)c2)[C@H](C)C1. The number of hydrogen-bond donors (Lipinski definition) is 3. The molecular formula is C41H44F4N8O5S. The van der Waals surface area contributed by atoms with Gasteiger partial charge in [0, 0.05) is 55.7 Å². The highest BCUT2D eigenvalue weighted by Gasteiger charge is 2.51. The van der Waals surface area contributed by atoms with Crippen LogP contribution in [0.4, 0.5) is 40.3 Å². The van der Waals surface area contributed by atoms with Crippen molar-refractivity contribution in [2.75, 3.05) is 59.8 Å². The fraction of sp³-hybridized carbons (Fsp3) is 0.415. The van der Waals surface area contributed by atoms with Crippen LogP contribution in [-0.2, 0) is 31.8 Å². The van der Waals surface area contributed by atoms with Gasteiger partial charge in [-0.3, -0.25) is 39.2 Å². The second-order valence-corrected chi connectivity index (χ2v) is 15.6. The van der Waals surface area contributed by atoms with E-state index in [1.54, 1.807) is 36.9 Å². The molecule has 3 fully saturated rings. The Labute approximate surface area is 344 Å². The zero-order valence-corrected chi connectivity index (χ0v) is 33.7. The number of aryl methyl sites for hydroxylation is 1. The number of hydrogen-bond acceptors (Lipinski definition) is 10. The molecule has 3 saturated heterocycles. The summed E-state index contributed by atoms with van der Waals surface area (Å²) >= 11 is 5.70. The molecule has 3 aromatic rings. The quantitative estimate of drug-likeness (QED) is 0.122. The van der Waals surface area contributed by atoms with Crippen molar-refractivity contribution in [1.29, 1.82) is 5.26 Å². The first kappa shape index (κ1) is 43.0. The highest BCUT2D eigenvalue weighted by molar-refractivity contribution is 7.81. The van der Waals surface area contributed by atoms with Crippen LogP contribution in [0, 0.1) is 17.1 Å². The molecular weight excluding hydrogens is 793 g/mol. The van der Waals surface area contributed by atoms with E-state index < -0.39 is 46.5 Å². The summed E-state index contributed by atoms with van der Waals surface area (Å²) in [4.78, 5) is 57.2. The van der Waals surface area contributed by atoms with Gasteiger partial charge in [-0.15, -0.1) is 0 Å². The number of benzene rings is 3. The van der Waals surface area contributed by atoms with Gasteiger partial charge >= 0.3 is 6.18 Å². The summed E-state index contributed by atoms with van der Waals surface area (Å²) in [5, 5.41) is 17.2. The van der Waals surface area contributed by atoms with Crippen molar-refractivity contribution >= 4 is 63.7 Å². The number of nitrogens with zero attached hydrogens (tertiary/aromatic N) is 5. The average molecular weight is 837 g/mol. The van der Waals surface area contributed by atoms with Crippen molar-refractivity contribution in [3.63, 3.8) is 0 Å². The summed E-state index contributed by atoms with van der Waals surface area (Å²) in [6, 6.07) is 13.3. The topological polar surface area (TPSA) is 150 Å². The number of anilines is 4. The summed E-state index contributed by atoms with van der Waals surface area (Å²) in [5.41, 5.74) is -1.09. The largest absolute Gasteiger partial charge is 0.492 e. The van der Waals surface area contributed by atoms with E-state index in [4.69, 9.17) is 17.0 Å². The molecule has 13 nitrogen and oxygen atoms in total. The number of ether oxygens (including phenoxy) is 1. The molecule has 3 aliphatic heterocycles. The smallest absolute Gasteiger partial charge is 0.417 e. The zero-order valence-electron chi connectivity index (χ0n) is 32.9. The molecule has 3 N–H and O–H groups in total. The number of halogens is 4. The second-order valence-electron chi connectivity index (χ2n) is 15.2. The van der Waals surface area contributed by atoms with Crippen molar-refractivity contribution in [3.05, 3.63) is 77.1 Å². The predicted molar refractivity (Wildman–Crippen MR) is 216 cm³/mol. The van der Waals surface area contributed by atoms with Crippen LogP contribution < -0.4 is 30.5 Å². The van der Waals surface area contributed by atoms with Crippen LogP contribution >= 0.6 is 12.2 Å². The van der Waals surface area contributed by atoms with Gasteiger partial charge in [-0.1, -0.05) is 6.92 Å². The van der Waals surface area contributed by atoms with Crippen molar-refractivity contribution in [2.24, 2.45) is 0 Å². The second kappa shape index (κ2) is 17.3. The maximum Gasteiger partial charge on any atom is 0.417 e. The van der Waals surface area contributed by atoms with Gasteiger partial charge in [0.05, 0.1) is 29.4 Å². The fourth-order valence-corrected chi connectivity index (χ4v) is 8.06. The van der Waals surface area contributed by atoms with Crippen molar-refractivity contribution in [3.8, 4) is 11.8 Å². The Balaban J connectivity index is 1.02. The number of carbonyl (C=O) groups is 4. The lowest BCUT2D eigenvalue weighted by molar-refractivity contribution is -0.138. The number of nitrogens with one attached hydrogen (secondary N) is 3. The van der Waals surface area contributed by atoms with Crippen molar-refractivity contribution in [2.45, 2.75) is 70.8 Å². The zero-order chi connectivity index (χ0) is 42.8. The third-order valence-corrected chi connectivity index (χ3v) is 11.0. The summed E-state index contributed by atoms with van der Waals surface area (Å²) in [6.07, 6.45) is -3.78. The molecule has 18 heteroatoms. The van der Waals surface area contributed by atoms with E-state index in [0.29, 0.717) is 56.3 Å². The highest BCUT2D eigenvalue weighted by Crippen LogP contribution is 2.40. The Bertz CT molecular complexity index is 2210. The minimum absolute atomic E-state index is 0.00160. The Morgan fingerprint density at radius 2 is 1.78 bits per heavy atom. The highest BCUT2D eigenvalue weighted by atomic mass is 32.1. The summed E-state index contributed by atoms with van der Waals surface area (Å²) < 4.78 is 62.0. The van der Waals surface area contributed by atoms with Gasteiger partial charge in [-0.25, -0.2) is 4.39 Å². The Morgan fingerprint density at radius 1 is 1.05 bits per heavy atom. The normalized spacial score (nSPS) is 20.1. The van der Waals surface area contributed by atoms with Gasteiger partial charge in [0.15, 0.2) is 5.11 Å². The standard InChI is InChI=1S/C41H44F4N8O5S/c1-5-25-16-31(53-39(59)52(38(57)40(53,3)4)30-7-6-26(21-46)32(20-30)41(43,44)45)8-10-34(25)58-15-14-50-12-13-51(24(2)22-50)23-36(55)48-29-18-27(42)17-28(19-29)47-33-9-11-35(54)49-37(33)56/h6-8,10,16-20,24,33,47H,5,9,11-15,22-23H2,1-4H3,(H,48,55)(H,49,54,56)/t24-,33?/m1/s1. The summed E-state index contributed by atoms with van der Waals surface area (Å²) in [5.74, 6) is -1.64. The molecule has 312 valence electrons. The van der Waals surface area contributed by atoms with Crippen LogP contribution in [0.15, 0.2) is 54.6 Å². The van der Waals surface area contributed by atoms with E-state index in [-0.39, 0.29) is 53.7 Å². The third-order valence-electron chi connectivity index (χ3n) is 10.7. The number of piperazine rings is 1. The summed E-state index contributed by atoms with van der Waals surface area (Å²) in [6.45, 7) is 10.3. The van der Waals surface area contributed by atoms with Crippen LogP contribution in [0.5, 0.6) is 5.75 Å². The van der Waals surface area contributed by atoms with E-state index in [1.807, 2.05) is 24.8 Å². The molecule has 0 saturated carbocycles. The van der Waals surface area contributed by atoms with E-state index >= 15 is 0 Å². The minimum Gasteiger partial charge on any atom is -0.492 e. The summed E-state index contributed by atoms with van der Waals surface area (Å²) in [7, 11) is 0. The maximum atomic E-state index is 14.4. The number of nitriles is 1. The first-order chi connectivity index (χ1) is 27.9. The third kappa shape index (κ3) is 9.48. The lowest BCUT2D eigenvalue weighted by Gasteiger charge is -2.39. The lowest BCUT2D eigenvalue weighted by Crippen LogP contribution is -2.54. The monoisotopic (exact) mass is 836 g/mol. The van der Waals surface area contributed by atoms with Crippen LogP contribution in [0.2, 0.25) is 0 Å². The fourth-order valence-electron chi connectivity index (χ4n) is 7.54. The van der Waals surface area contributed by atoms with Crippen LogP contribution in [0.1, 0.15) is 57.2 Å². The first-order valence-electron chi connectivity index (χ1n) is 19.1. The first-order valence-corrected chi connectivity index (χ1v) is 19.5. The number of rotatable bonds is 12. The maximum absolute atomic E-state index is 14.4. The van der Waals surface area contributed by atoms with Crippen LogP contribution in [-0.4, -0.2) is 95.5 Å². The predicted octanol–water partition coefficient (Wildman–Crippen LogP) is 5.44. The molecule has 0 spiro atoms. The Hall–Kier alpha value is -5.64. The van der Waals surface area contributed by atoms with Crippen molar-refractivity contribution < 1.29 is 41.5 Å². The van der Waals surface area contributed by atoms with E-state index in [1.165, 1.54) is 24.3 Å². The molecule has 0 aliphatic carbocycles. The van der Waals surface area contributed by atoms with Gasteiger partial charge in [0.2, 0.25) is 17.7 Å². The van der Waals surface area contributed by atoms with Gasteiger partial charge in [0.25, 0.3) is 5.91 Å². The molecule has 3 aliphatic rings. The van der Waals surface area contributed by atoms with Crippen molar-refractivity contribution in [1.82, 2.24) is 15.1 Å². The molecule has 0 bridgehead atoms. The van der Waals surface area contributed by atoms with Gasteiger partial charge in [0.1, 0.15) is 29.8 Å². The number of piperidine rings is 1. The molecule has 3 heterocycles. The molecule has 59 heavy (non-hydrogen) atoms. The lowest BCUT2D eigenvalue weighted by atomic mass is 10.0. The van der Waals surface area contributed by atoms with Crippen LogP contribution in [0.25, 0.3) is 0 Å².